The van der Waals surface area contributed by atoms with Crippen molar-refractivity contribution in [2.75, 3.05) is 20.3 Å². The number of ether oxygens (including phenoxy) is 1. The molecule has 1 amide bonds. The number of H-pyrrole nitrogens is 1. The summed E-state index contributed by atoms with van der Waals surface area (Å²) in [4.78, 5) is 39.4. The SMILES string of the molecule is COCCNC(=O)c1cc2c([nH]c1=O)CC(c1ccco1)CC2=O. The highest BCUT2D eigenvalue weighted by Crippen LogP contribution is 2.31. The van der Waals surface area contributed by atoms with Gasteiger partial charge in [0, 0.05) is 37.3 Å². The van der Waals surface area contributed by atoms with E-state index < -0.39 is 11.5 Å². The number of pyridine rings is 1. The molecule has 2 aromatic rings. The highest BCUT2D eigenvalue weighted by atomic mass is 16.5. The number of rotatable bonds is 5. The maximum absolute atomic E-state index is 12.4. The Bertz CT molecular complexity index is 807. The number of nitrogens with one attached hydrogen (secondary N) is 2. The molecule has 0 spiro atoms. The third-order valence-corrected chi connectivity index (χ3v) is 4.09. The Kier molecular flexibility index (Phi) is 4.61. The molecule has 0 saturated heterocycles. The van der Waals surface area contributed by atoms with Crippen LogP contribution in [0.4, 0.5) is 0 Å². The van der Waals surface area contributed by atoms with E-state index in [4.69, 9.17) is 9.15 Å². The molecule has 1 unspecified atom stereocenters. The number of aromatic amines is 1. The first-order valence-corrected chi connectivity index (χ1v) is 7.70. The van der Waals surface area contributed by atoms with Crippen molar-refractivity contribution in [3.63, 3.8) is 0 Å². The van der Waals surface area contributed by atoms with E-state index in [1.54, 1.807) is 12.3 Å². The summed E-state index contributed by atoms with van der Waals surface area (Å²) in [6.07, 6.45) is 2.35. The number of hydrogen-bond acceptors (Lipinski definition) is 5. The summed E-state index contributed by atoms with van der Waals surface area (Å²) in [6, 6.07) is 4.97. The highest BCUT2D eigenvalue weighted by molar-refractivity contribution is 6.02. The van der Waals surface area contributed by atoms with Gasteiger partial charge in [0.1, 0.15) is 11.3 Å². The molecule has 126 valence electrons. The van der Waals surface area contributed by atoms with E-state index in [1.807, 2.05) is 6.07 Å². The molecule has 0 aliphatic heterocycles. The zero-order valence-corrected chi connectivity index (χ0v) is 13.3. The minimum atomic E-state index is -0.517. The van der Waals surface area contributed by atoms with Crippen molar-refractivity contribution in [1.29, 1.82) is 0 Å². The monoisotopic (exact) mass is 330 g/mol. The summed E-state index contributed by atoms with van der Waals surface area (Å²) in [5.74, 6) is -0.00911. The normalized spacial score (nSPS) is 16.7. The van der Waals surface area contributed by atoms with Gasteiger partial charge < -0.3 is 19.5 Å². The predicted molar refractivity (Wildman–Crippen MR) is 85.4 cm³/mol. The molecule has 2 heterocycles. The van der Waals surface area contributed by atoms with Gasteiger partial charge in [0.2, 0.25) is 0 Å². The first-order chi connectivity index (χ1) is 11.6. The average Bonchev–Trinajstić information content (AvgIpc) is 3.08. The smallest absolute Gasteiger partial charge is 0.261 e. The first-order valence-electron chi connectivity index (χ1n) is 7.70. The Morgan fingerprint density at radius 2 is 2.25 bits per heavy atom. The number of methoxy groups -OCH3 is 1. The van der Waals surface area contributed by atoms with Crippen LogP contribution >= 0.6 is 0 Å². The van der Waals surface area contributed by atoms with Crippen molar-refractivity contribution in [3.8, 4) is 0 Å². The van der Waals surface area contributed by atoms with Crippen LogP contribution in [0.15, 0.2) is 33.7 Å². The lowest BCUT2D eigenvalue weighted by atomic mass is 9.84. The topological polar surface area (TPSA) is 101 Å². The molecule has 24 heavy (non-hydrogen) atoms. The number of furan rings is 1. The molecule has 1 aliphatic rings. The van der Waals surface area contributed by atoms with Gasteiger partial charge in [-0.15, -0.1) is 0 Å². The van der Waals surface area contributed by atoms with Gasteiger partial charge in [0.05, 0.1) is 12.9 Å². The molecule has 0 bridgehead atoms. The molecular weight excluding hydrogens is 312 g/mol. The maximum Gasteiger partial charge on any atom is 0.261 e. The van der Waals surface area contributed by atoms with E-state index in [9.17, 15) is 14.4 Å². The van der Waals surface area contributed by atoms with E-state index in [0.29, 0.717) is 30.8 Å². The minimum absolute atomic E-state index is 0.0605. The number of fused-ring (bicyclic) bond motifs is 1. The van der Waals surface area contributed by atoms with Gasteiger partial charge >= 0.3 is 0 Å². The Morgan fingerprint density at radius 3 is 2.96 bits per heavy atom. The van der Waals surface area contributed by atoms with Crippen LogP contribution in [0.1, 0.15) is 44.5 Å². The van der Waals surface area contributed by atoms with Crippen LogP contribution in [0.5, 0.6) is 0 Å². The summed E-state index contributed by atoms with van der Waals surface area (Å²) < 4.78 is 10.2. The molecule has 7 nitrogen and oxygen atoms in total. The quantitative estimate of drug-likeness (QED) is 0.804. The number of amides is 1. The van der Waals surface area contributed by atoms with Gasteiger partial charge in [-0.25, -0.2) is 0 Å². The fraction of sp³-hybridized carbons (Fsp3) is 0.353. The minimum Gasteiger partial charge on any atom is -0.469 e. The van der Waals surface area contributed by atoms with Crippen molar-refractivity contribution in [1.82, 2.24) is 10.3 Å². The Balaban J connectivity index is 1.86. The lowest BCUT2D eigenvalue weighted by Gasteiger charge is -2.22. The van der Waals surface area contributed by atoms with E-state index >= 15 is 0 Å². The summed E-state index contributed by atoms with van der Waals surface area (Å²) in [5.41, 5.74) is 0.381. The number of carbonyl (C=O) groups is 2. The molecule has 3 rings (SSSR count). The van der Waals surface area contributed by atoms with Crippen LogP contribution in [0, 0.1) is 0 Å². The summed E-state index contributed by atoms with van der Waals surface area (Å²) in [5, 5.41) is 2.58. The van der Waals surface area contributed by atoms with Crippen LogP contribution in [0.25, 0.3) is 0 Å². The predicted octanol–water partition coefficient (Wildman–Crippen LogP) is 1.26. The van der Waals surface area contributed by atoms with Crippen molar-refractivity contribution in [2.45, 2.75) is 18.8 Å². The van der Waals surface area contributed by atoms with Crippen LogP contribution in [-0.4, -0.2) is 36.9 Å². The fourth-order valence-electron chi connectivity index (χ4n) is 2.89. The highest BCUT2D eigenvalue weighted by Gasteiger charge is 2.30. The van der Waals surface area contributed by atoms with Gasteiger partial charge in [-0.05, 0) is 24.6 Å². The average molecular weight is 330 g/mol. The molecule has 2 N–H and O–H groups in total. The zero-order valence-electron chi connectivity index (χ0n) is 13.3. The Hall–Kier alpha value is -2.67. The Labute approximate surface area is 138 Å². The second-order valence-electron chi connectivity index (χ2n) is 5.70. The lowest BCUT2D eigenvalue weighted by Crippen LogP contribution is -2.34. The van der Waals surface area contributed by atoms with Crippen LogP contribution in [-0.2, 0) is 11.2 Å². The number of ketones is 1. The van der Waals surface area contributed by atoms with Gasteiger partial charge in [-0.3, -0.25) is 14.4 Å². The largest absolute Gasteiger partial charge is 0.469 e. The zero-order chi connectivity index (χ0) is 17.1. The number of aromatic nitrogens is 1. The molecule has 0 radical (unpaired) electrons. The molecule has 1 aliphatic carbocycles. The second kappa shape index (κ2) is 6.84. The summed E-state index contributed by atoms with van der Waals surface area (Å²) in [7, 11) is 1.52. The van der Waals surface area contributed by atoms with Gasteiger partial charge in [-0.2, -0.15) is 0 Å². The molecular formula is C17H18N2O5. The summed E-state index contributed by atoms with van der Waals surface area (Å²) in [6.45, 7) is 0.638. The lowest BCUT2D eigenvalue weighted by molar-refractivity contribution is 0.0935. The van der Waals surface area contributed by atoms with Crippen LogP contribution < -0.4 is 10.9 Å². The molecule has 1 atom stereocenters. The molecule has 0 saturated carbocycles. The van der Waals surface area contributed by atoms with Crippen molar-refractivity contribution < 1.29 is 18.7 Å². The third kappa shape index (κ3) is 3.16. The van der Waals surface area contributed by atoms with Crippen molar-refractivity contribution in [3.05, 3.63) is 57.4 Å². The van der Waals surface area contributed by atoms with E-state index in [1.165, 1.54) is 13.2 Å². The second-order valence-corrected chi connectivity index (χ2v) is 5.70. The fourth-order valence-corrected chi connectivity index (χ4v) is 2.89. The van der Waals surface area contributed by atoms with E-state index in [-0.39, 0.29) is 23.7 Å². The number of carbonyl (C=O) groups excluding carboxylic acids is 2. The van der Waals surface area contributed by atoms with Gasteiger partial charge in [0.15, 0.2) is 5.78 Å². The van der Waals surface area contributed by atoms with Crippen molar-refractivity contribution >= 4 is 11.7 Å². The van der Waals surface area contributed by atoms with Gasteiger partial charge in [-0.1, -0.05) is 0 Å². The van der Waals surface area contributed by atoms with E-state index in [2.05, 4.69) is 10.3 Å². The molecule has 7 heteroatoms. The molecule has 2 aromatic heterocycles. The summed E-state index contributed by atoms with van der Waals surface area (Å²) >= 11 is 0. The molecule has 0 fully saturated rings. The number of hydrogen-bond donors (Lipinski definition) is 2. The van der Waals surface area contributed by atoms with E-state index in [0.717, 1.165) is 5.76 Å². The van der Waals surface area contributed by atoms with Crippen LogP contribution in [0.2, 0.25) is 0 Å². The third-order valence-electron chi connectivity index (χ3n) is 4.09. The first kappa shape index (κ1) is 16.2. The Morgan fingerprint density at radius 1 is 1.42 bits per heavy atom. The number of Topliss-reactive ketones (excluding diaryl/α,β-unsaturated/α-hetero) is 1. The van der Waals surface area contributed by atoms with Gasteiger partial charge in [0.25, 0.3) is 11.5 Å². The van der Waals surface area contributed by atoms with Crippen molar-refractivity contribution in [2.24, 2.45) is 0 Å². The standard InChI is InChI=1S/C17H18N2O5/c1-23-6-4-18-16(21)12-9-11-13(19-17(12)22)7-10(8-14(11)20)15-3-2-5-24-15/h2-3,5,9-10H,4,6-8H2,1H3,(H,18,21)(H,19,22). The maximum atomic E-state index is 12.4. The van der Waals surface area contributed by atoms with Crippen LogP contribution in [0.3, 0.4) is 0 Å². The molecule has 0 aromatic carbocycles.